The van der Waals surface area contributed by atoms with Crippen molar-refractivity contribution in [2.24, 2.45) is 5.92 Å². The first-order valence-electron chi connectivity index (χ1n) is 6.45. The van der Waals surface area contributed by atoms with Gasteiger partial charge in [0.25, 0.3) is 0 Å². The molecule has 2 heterocycles. The van der Waals surface area contributed by atoms with Crippen LogP contribution in [0.2, 0.25) is 0 Å². The molecular weight excluding hydrogens is 220 g/mol. The largest absolute Gasteiger partial charge is 0.388 e. The normalized spacial score (nSPS) is 27.9. The lowest BCUT2D eigenvalue weighted by atomic mass is 9.94. The van der Waals surface area contributed by atoms with Gasteiger partial charge in [0, 0.05) is 39.0 Å². The van der Waals surface area contributed by atoms with Gasteiger partial charge in [-0.05, 0) is 25.4 Å². The smallest absolute Gasteiger partial charge is 0.220 e. The van der Waals surface area contributed by atoms with Gasteiger partial charge in [-0.2, -0.15) is 0 Å². The summed E-state index contributed by atoms with van der Waals surface area (Å²) >= 11 is 0. The summed E-state index contributed by atoms with van der Waals surface area (Å²) in [6.45, 7) is 3.47. The number of aliphatic hydroxyl groups is 1. The van der Waals surface area contributed by atoms with Crippen LogP contribution in [0.15, 0.2) is 0 Å². The van der Waals surface area contributed by atoms with Crippen molar-refractivity contribution < 1.29 is 14.6 Å². The van der Waals surface area contributed by atoms with Crippen LogP contribution in [-0.2, 0) is 9.53 Å². The average molecular weight is 242 g/mol. The van der Waals surface area contributed by atoms with E-state index < -0.39 is 5.60 Å². The summed E-state index contributed by atoms with van der Waals surface area (Å²) in [4.78, 5) is 11.7. The molecule has 2 aliphatic rings. The van der Waals surface area contributed by atoms with Crippen LogP contribution in [0.3, 0.4) is 0 Å². The molecule has 2 fully saturated rings. The van der Waals surface area contributed by atoms with E-state index in [4.69, 9.17) is 4.74 Å². The molecule has 2 aliphatic heterocycles. The predicted octanol–water partition coefficient (Wildman–Crippen LogP) is -0.356. The third-order valence-corrected chi connectivity index (χ3v) is 3.67. The Hall–Kier alpha value is -0.650. The molecule has 0 aromatic heterocycles. The second kappa shape index (κ2) is 5.80. The summed E-state index contributed by atoms with van der Waals surface area (Å²) < 4.78 is 5.20. The summed E-state index contributed by atoms with van der Waals surface area (Å²) in [6.07, 6.45) is 2.86. The first-order chi connectivity index (χ1) is 8.18. The van der Waals surface area contributed by atoms with E-state index in [1.807, 2.05) is 0 Å². The fourth-order valence-electron chi connectivity index (χ4n) is 2.41. The lowest BCUT2D eigenvalue weighted by molar-refractivity contribution is -0.124. The Bertz CT molecular complexity index is 258. The van der Waals surface area contributed by atoms with Crippen LogP contribution >= 0.6 is 0 Å². The molecule has 0 bridgehead atoms. The number of ether oxygens (including phenoxy) is 1. The van der Waals surface area contributed by atoms with Crippen molar-refractivity contribution in [3.8, 4) is 0 Å². The highest BCUT2D eigenvalue weighted by atomic mass is 16.5. The van der Waals surface area contributed by atoms with Crippen molar-refractivity contribution in [3.05, 3.63) is 0 Å². The zero-order valence-corrected chi connectivity index (χ0v) is 10.2. The lowest BCUT2D eigenvalue weighted by Crippen LogP contribution is -2.46. The van der Waals surface area contributed by atoms with Crippen molar-refractivity contribution in [3.63, 3.8) is 0 Å². The molecule has 1 amide bonds. The molecule has 3 N–H and O–H groups in total. The van der Waals surface area contributed by atoms with Crippen LogP contribution in [0.25, 0.3) is 0 Å². The van der Waals surface area contributed by atoms with Gasteiger partial charge in [0.15, 0.2) is 0 Å². The molecular formula is C12H22N2O3. The molecule has 0 radical (unpaired) electrons. The first kappa shape index (κ1) is 12.8. The lowest BCUT2D eigenvalue weighted by Gasteiger charge is -2.32. The Kier molecular flexibility index (Phi) is 4.36. The summed E-state index contributed by atoms with van der Waals surface area (Å²) in [6, 6.07) is 0. The maximum atomic E-state index is 11.7. The van der Waals surface area contributed by atoms with Crippen LogP contribution in [0.1, 0.15) is 25.7 Å². The maximum absolute atomic E-state index is 11.7. The van der Waals surface area contributed by atoms with Gasteiger partial charge in [0.05, 0.1) is 5.60 Å². The minimum Gasteiger partial charge on any atom is -0.388 e. The molecule has 0 spiro atoms. The van der Waals surface area contributed by atoms with E-state index >= 15 is 0 Å². The summed E-state index contributed by atoms with van der Waals surface area (Å²) in [5.41, 5.74) is -0.762. The molecule has 2 saturated heterocycles. The molecule has 0 aromatic rings. The van der Waals surface area contributed by atoms with Crippen molar-refractivity contribution in [1.82, 2.24) is 10.6 Å². The standard InChI is InChI=1S/C12H22N2O3/c15-11(7-10-1-4-13-8-10)14-9-12(16)2-5-17-6-3-12/h10,13,16H,1-9H2,(H,14,15). The Morgan fingerprint density at radius 1 is 1.47 bits per heavy atom. The Morgan fingerprint density at radius 2 is 2.24 bits per heavy atom. The van der Waals surface area contributed by atoms with E-state index in [1.165, 1.54) is 0 Å². The Morgan fingerprint density at radius 3 is 2.88 bits per heavy atom. The zero-order chi connectivity index (χ0) is 12.1. The molecule has 0 aromatic carbocycles. The number of amides is 1. The molecule has 5 nitrogen and oxygen atoms in total. The number of carbonyl (C=O) groups excluding carboxylic acids is 1. The van der Waals surface area contributed by atoms with Crippen molar-refractivity contribution in [2.75, 3.05) is 32.8 Å². The molecule has 0 saturated carbocycles. The van der Waals surface area contributed by atoms with Crippen molar-refractivity contribution in [2.45, 2.75) is 31.3 Å². The van der Waals surface area contributed by atoms with Crippen LogP contribution in [-0.4, -0.2) is 49.5 Å². The van der Waals surface area contributed by atoms with Gasteiger partial charge in [-0.15, -0.1) is 0 Å². The highest BCUT2D eigenvalue weighted by Gasteiger charge is 2.30. The van der Waals surface area contributed by atoms with Crippen LogP contribution in [0.4, 0.5) is 0 Å². The van der Waals surface area contributed by atoms with Gasteiger partial charge in [-0.1, -0.05) is 0 Å². The number of rotatable bonds is 4. The quantitative estimate of drug-likeness (QED) is 0.630. The topological polar surface area (TPSA) is 70.6 Å². The monoisotopic (exact) mass is 242 g/mol. The molecule has 17 heavy (non-hydrogen) atoms. The fourth-order valence-corrected chi connectivity index (χ4v) is 2.41. The first-order valence-corrected chi connectivity index (χ1v) is 6.45. The number of hydrogen-bond donors (Lipinski definition) is 3. The fraction of sp³-hybridized carbons (Fsp3) is 0.917. The van der Waals surface area contributed by atoms with Gasteiger partial charge in [-0.3, -0.25) is 4.79 Å². The van der Waals surface area contributed by atoms with Crippen LogP contribution in [0.5, 0.6) is 0 Å². The Labute approximate surface area is 102 Å². The Balaban J connectivity index is 1.67. The van der Waals surface area contributed by atoms with E-state index in [0.29, 0.717) is 44.9 Å². The summed E-state index contributed by atoms with van der Waals surface area (Å²) in [7, 11) is 0. The van der Waals surface area contributed by atoms with Gasteiger partial charge in [-0.25, -0.2) is 0 Å². The molecule has 2 rings (SSSR count). The summed E-state index contributed by atoms with van der Waals surface area (Å²) in [5.74, 6) is 0.512. The third kappa shape index (κ3) is 3.94. The maximum Gasteiger partial charge on any atom is 0.220 e. The van der Waals surface area contributed by atoms with Gasteiger partial charge >= 0.3 is 0 Å². The molecule has 1 atom stereocenters. The average Bonchev–Trinajstić information content (AvgIpc) is 2.80. The van der Waals surface area contributed by atoms with Gasteiger partial charge in [0.2, 0.25) is 5.91 Å². The van der Waals surface area contributed by atoms with Gasteiger partial charge < -0.3 is 20.5 Å². The number of hydrogen-bond acceptors (Lipinski definition) is 4. The molecule has 5 heteroatoms. The van der Waals surface area contributed by atoms with E-state index in [2.05, 4.69) is 10.6 Å². The highest BCUT2D eigenvalue weighted by molar-refractivity contribution is 5.76. The zero-order valence-electron chi connectivity index (χ0n) is 10.2. The second-order valence-corrected chi connectivity index (χ2v) is 5.18. The van der Waals surface area contributed by atoms with Crippen LogP contribution < -0.4 is 10.6 Å². The van der Waals surface area contributed by atoms with E-state index in [9.17, 15) is 9.90 Å². The second-order valence-electron chi connectivity index (χ2n) is 5.18. The third-order valence-electron chi connectivity index (χ3n) is 3.67. The SMILES string of the molecule is O=C(CC1CCNC1)NCC1(O)CCOCC1. The minimum atomic E-state index is -0.762. The molecule has 1 unspecified atom stereocenters. The van der Waals surface area contributed by atoms with Gasteiger partial charge in [0.1, 0.15) is 0 Å². The summed E-state index contributed by atoms with van der Waals surface area (Å²) in [5, 5.41) is 16.3. The van der Waals surface area contributed by atoms with Crippen molar-refractivity contribution >= 4 is 5.91 Å². The van der Waals surface area contributed by atoms with E-state index in [1.54, 1.807) is 0 Å². The molecule has 98 valence electrons. The number of carbonyl (C=O) groups is 1. The molecule has 0 aliphatic carbocycles. The van der Waals surface area contributed by atoms with Crippen molar-refractivity contribution in [1.29, 1.82) is 0 Å². The van der Waals surface area contributed by atoms with Crippen LogP contribution in [0, 0.1) is 5.92 Å². The predicted molar refractivity (Wildman–Crippen MR) is 63.6 cm³/mol. The van der Waals surface area contributed by atoms with E-state index in [-0.39, 0.29) is 5.91 Å². The minimum absolute atomic E-state index is 0.0543. The number of nitrogens with one attached hydrogen (secondary N) is 2. The van der Waals surface area contributed by atoms with E-state index in [0.717, 1.165) is 19.5 Å². The highest BCUT2D eigenvalue weighted by Crippen LogP contribution is 2.19.